The van der Waals surface area contributed by atoms with Crippen LogP contribution in [0.1, 0.15) is 42.9 Å². The maximum absolute atomic E-state index is 12.7. The lowest BCUT2D eigenvalue weighted by atomic mass is 10.1. The zero-order valence-electron chi connectivity index (χ0n) is 19.5. The molecule has 1 atom stereocenters. The first-order chi connectivity index (χ1) is 16.1. The van der Waals surface area contributed by atoms with E-state index in [1.54, 1.807) is 24.1 Å². The Hall–Kier alpha value is -3.19. The molecule has 0 radical (unpaired) electrons. The number of carbonyl (C=O) groups excluding carboxylic acids is 1. The van der Waals surface area contributed by atoms with Gasteiger partial charge >= 0.3 is 0 Å². The lowest BCUT2D eigenvalue weighted by Gasteiger charge is -2.25. The van der Waals surface area contributed by atoms with Crippen molar-refractivity contribution in [2.75, 3.05) is 26.7 Å². The summed E-state index contributed by atoms with van der Waals surface area (Å²) >= 11 is 0. The molecule has 1 aromatic heterocycles. The van der Waals surface area contributed by atoms with Crippen LogP contribution < -0.4 is 20.5 Å². The molecule has 0 aliphatic carbocycles. The number of fused-ring (bicyclic) bond motifs is 1. The Morgan fingerprint density at radius 2 is 1.94 bits per heavy atom. The Balaban J connectivity index is 1.33. The Kier molecular flexibility index (Phi) is 7.40. The number of quaternary nitrogens is 1. The second-order valence-corrected chi connectivity index (χ2v) is 8.81. The summed E-state index contributed by atoms with van der Waals surface area (Å²) in [6.45, 7) is 5.29. The van der Waals surface area contributed by atoms with Crippen molar-refractivity contribution in [2.24, 2.45) is 0 Å². The third-order valence-electron chi connectivity index (χ3n) is 6.62. The number of ether oxygens (including phenoxy) is 1. The molecule has 0 saturated carbocycles. The van der Waals surface area contributed by atoms with Gasteiger partial charge in [0.2, 0.25) is 5.91 Å². The van der Waals surface area contributed by atoms with Gasteiger partial charge < -0.3 is 15.0 Å². The quantitative estimate of drug-likeness (QED) is 0.524. The van der Waals surface area contributed by atoms with Gasteiger partial charge in [-0.05, 0) is 49.2 Å². The third kappa shape index (κ3) is 5.42. The monoisotopic (exact) mass is 449 g/mol. The molecular weight excluding hydrogens is 416 g/mol. The van der Waals surface area contributed by atoms with Gasteiger partial charge in [-0.15, -0.1) is 0 Å². The number of amides is 1. The highest BCUT2D eigenvalue weighted by Gasteiger charge is 2.27. The summed E-state index contributed by atoms with van der Waals surface area (Å²) in [6.07, 6.45) is 5.01. The first-order valence-electron chi connectivity index (χ1n) is 11.8. The smallest absolute Gasteiger partial charge is 0.261 e. The number of nitrogens with zero attached hydrogens (tertiary/aromatic N) is 2. The van der Waals surface area contributed by atoms with E-state index >= 15 is 0 Å². The summed E-state index contributed by atoms with van der Waals surface area (Å²) in [5.41, 5.74) is 2.89. The molecule has 174 valence electrons. The molecule has 3 aromatic rings. The minimum atomic E-state index is -0.0543. The van der Waals surface area contributed by atoms with E-state index in [0.717, 1.165) is 29.9 Å². The normalized spacial score (nSPS) is 15.0. The second kappa shape index (κ2) is 10.6. The van der Waals surface area contributed by atoms with Crippen molar-refractivity contribution in [1.82, 2.24) is 14.9 Å². The summed E-state index contributed by atoms with van der Waals surface area (Å²) in [5.74, 6) is 0.858. The first-order valence-corrected chi connectivity index (χ1v) is 11.8. The number of nitrogens with one attached hydrogen (secondary N) is 2. The minimum Gasteiger partial charge on any atom is -0.497 e. The zero-order valence-corrected chi connectivity index (χ0v) is 19.5. The van der Waals surface area contributed by atoms with Crippen molar-refractivity contribution in [3.63, 3.8) is 0 Å². The van der Waals surface area contributed by atoms with Crippen LogP contribution in [0.5, 0.6) is 5.75 Å². The molecule has 1 aliphatic rings. The molecule has 1 fully saturated rings. The van der Waals surface area contributed by atoms with Gasteiger partial charge in [-0.3, -0.25) is 14.2 Å². The van der Waals surface area contributed by atoms with Crippen molar-refractivity contribution in [3.05, 3.63) is 70.3 Å². The summed E-state index contributed by atoms with van der Waals surface area (Å²) in [4.78, 5) is 31.3. The van der Waals surface area contributed by atoms with Gasteiger partial charge in [-0.2, -0.15) is 0 Å². The van der Waals surface area contributed by atoms with Gasteiger partial charge in [0.15, 0.2) is 0 Å². The topological polar surface area (TPSA) is 77.7 Å². The van der Waals surface area contributed by atoms with Crippen molar-refractivity contribution < 1.29 is 14.4 Å². The maximum Gasteiger partial charge on any atom is 0.261 e. The predicted molar refractivity (Wildman–Crippen MR) is 129 cm³/mol. The Bertz CT molecular complexity index is 1150. The standard InChI is InChI=1S/C26H32N4O3/c1-19-7-5-8-22-25(19)28-18-30(26(22)32)16-6-9-24(31)27-17-23(29-14-3-4-15-29)20-10-12-21(33-2)13-11-20/h5,7-8,10-13,18,23H,3-4,6,9,14-17H2,1-2H3,(H,27,31)/p+1. The lowest BCUT2D eigenvalue weighted by Crippen LogP contribution is -3.11. The molecule has 4 rings (SSSR count). The van der Waals surface area contributed by atoms with Crippen LogP contribution in [0.15, 0.2) is 53.6 Å². The minimum absolute atomic E-state index is 0.0183. The summed E-state index contributed by atoms with van der Waals surface area (Å²) in [7, 11) is 1.67. The van der Waals surface area contributed by atoms with Gasteiger partial charge in [0.25, 0.3) is 5.56 Å². The van der Waals surface area contributed by atoms with E-state index < -0.39 is 0 Å². The highest BCUT2D eigenvalue weighted by molar-refractivity contribution is 5.80. The molecule has 1 aliphatic heterocycles. The molecule has 7 nitrogen and oxygen atoms in total. The molecule has 1 amide bonds. The van der Waals surface area contributed by atoms with E-state index in [2.05, 4.69) is 22.4 Å². The number of methoxy groups -OCH3 is 1. The van der Waals surface area contributed by atoms with Gasteiger partial charge in [0.1, 0.15) is 11.8 Å². The van der Waals surface area contributed by atoms with E-state index in [0.29, 0.717) is 31.3 Å². The molecule has 1 unspecified atom stereocenters. The van der Waals surface area contributed by atoms with Crippen LogP contribution in [0.2, 0.25) is 0 Å². The fourth-order valence-corrected chi connectivity index (χ4v) is 4.72. The van der Waals surface area contributed by atoms with Crippen LogP contribution in [-0.4, -0.2) is 42.2 Å². The van der Waals surface area contributed by atoms with Gasteiger partial charge in [0, 0.05) is 31.4 Å². The van der Waals surface area contributed by atoms with Crippen molar-refractivity contribution >= 4 is 16.8 Å². The van der Waals surface area contributed by atoms with Crippen LogP contribution in [0, 0.1) is 6.92 Å². The first kappa shape index (κ1) is 23.0. The SMILES string of the molecule is COc1ccc(C(CNC(=O)CCCn2cnc3c(C)cccc3c2=O)[NH+]2CCCC2)cc1. The highest BCUT2D eigenvalue weighted by Crippen LogP contribution is 2.17. The fourth-order valence-electron chi connectivity index (χ4n) is 4.72. The largest absolute Gasteiger partial charge is 0.497 e. The van der Waals surface area contributed by atoms with E-state index in [-0.39, 0.29) is 17.5 Å². The Morgan fingerprint density at radius 3 is 2.67 bits per heavy atom. The number of hydrogen-bond donors (Lipinski definition) is 2. The number of para-hydroxylation sites is 1. The molecule has 0 bridgehead atoms. The number of carbonyl (C=O) groups is 1. The number of likely N-dealkylation sites (tertiary alicyclic amines) is 1. The molecule has 0 spiro atoms. The lowest BCUT2D eigenvalue weighted by molar-refractivity contribution is -0.918. The van der Waals surface area contributed by atoms with Crippen LogP contribution in [0.3, 0.4) is 0 Å². The average Bonchev–Trinajstić information content (AvgIpc) is 3.36. The van der Waals surface area contributed by atoms with Crippen LogP contribution >= 0.6 is 0 Å². The molecular formula is C26H33N4O3+. The van der Waals surface area contributed by atoms with Crippen molar-refractivity contribution in [3.8, 4) is 5.75 Å². The van der Waals surface area contributed by atoms with Crippen LogP contribution in [0.4, 0.5) is 0 Å². The second-order valence-electron chi connectivity index (χ2n) is 8.81. The van der Waals surface area contributed by atoms with Gasteiger partial charge in [-0.1, -0.05) is 12.1 Å². The summed E-state index contributed by atoms with van der Waals surface area (Å²) in [6, 6.07) is 14.0. The molecule has 2 N–H and O–H groups in total. The third-order valence-corrected chi connectivity index (χ3v) is 6.62. The highest BCUT2D eigenvalue weighted by atomic mass is 16.5. The van der Waals surface area contributed by atoms with Gasteiger partial charge in [-0.25, -0.2) is 4.98 Å². The molecule has 2 heterocycles. The number of hydrogen-bond acceptors (Lipinski definition) is 4. The molecule has 7 heteroatoms. The number of benzene rings is 2. The molecule has 2 aromatic carbocycles. The Labute approximate surface area is 194 Å². The average molecular weight is 450 g/mol. The summed E-state index contributed by atoms with van der Waals surface area (Å²) < 4.78 is 6.89. The number of aromatic nitrogens is 2. The number of aryl methyl sites for hydroxylation is 2. The van der Waals surface area contributed by atoms with E-state index in [9.17, 15) is 9.59 Å². The van der Waals surface area contributed by atoms with Crippen molar-refractivity contribution in [1.29, 1.82) is 0 Å². The van der Waals surface area contributed by atoms with Crippen molar-refractivity contribution in [2.45, 2.75) is 45.2 Å². The predicted octanol–water partition coefficient (Wildman–Crippen LogP) is 2.03. The van der Waals surface area contributed by atoms with E-state index in [1.807, 2.05) is 31.2 Å². The van der Waals surface area contributed by atoms with E-state index in [4.69, 9.17) is 4.74 Å². The molecule has 1 saturated heterocycles. The maximum atomic E-state index is 12.7. The molecule has 33 heavy (non-hydrogen) atoms. The van der Waals surface area contributed by atoms with Crippen LogP contribution in [0.25, 0.3) is 10.9 Å². The zero-order chi connectivity index (χ0) is 23.2. The fraction of sp³-hybridized carbons (Fsp3) is 0.423. The Morgan fingerprint density at radius 1 is 1.18 bits per heavy atom. The van der Waals surface area contributed by atoms with E-state index in [1.165, 1.54) is 23.3 Å². The number of rotatable bonds is 9. The van der Waals surface area contributed by atoms with Crippen LogP contribution in [-0.2, 0) is 11.3 Å². The van der Waals surface area contributed by atoms with Gasteiger partial charge in [0.05, 0.1) is 44.0 Å². The summed E-state index contributed by atoms with van der Waals surface area (Å²) in [5, 5.41) is 3.75.